The maximum absolute atomic E-state index is 14.1. The molecule has 10 heteroatoms. The van der Waals surface area contributed by atoms with E-state index in [2.05, 4.69) is 5.32 Å². The first-order valence-corrected chi connectivity index (χ1v) is 16.0. The summed E-state index contributed by atoms with van der Waals surface area (Å²) in [6.07, 6.45) is 0. The van der Waals surface area contributed by atoms with E-state index in [9.17, 15) is 18.0 Å². The summed E-state index contributed by atoms with van der Waals surface area (Å²) in [4.78, 5) is 28.5. The molecule has 0 saturated heterocycles. The zero-order valence-corrected chi connectivity index (χ0v) is 26.7. The summed E-state index contributed by atoms with van der Waals surface area (Å²) in [5.41, 5.74) is 1.90. The molecule has 0 bridgehead atoms. The van der Waals surface area contributed by atoms with Crippen molar-refractivity contribution in [2.24, 2.45) is 0 Å². The van der Waals surface area contributed by atoms with Crippen molar-refractivity contribution in [1.82, 2.24) is 10.2 Å². The molecule has 0 aliphatic rings. The summed E-state index contributed by atoms with van der Waals surface area (Å²) in [5.74, 6) is 0.234. The lowest BCUT2D eigenvalue weighted by Gasteiger charge is -2.32. The molecule has 2 amide bonds. The number of benzene rings is 4. The molecule has 0 heterocycles. The molecule has 230 valence electrons. The minimum absolute atomic E-state index is 0.0374. The van der Waals surface area contributed by atoms with E-state index in [4.69, 9.17) is 16.3 Å². The number of rotatable bonds is 12. The van der Waals surface area contributed by atoms with Crippen LogP contribution in [-0.4, -0.2) is 43.8 Å². The van der Waals surface area contributed by atoms with Crippen molar-refractivity contribution in [3.8, 4) is 11.5 Å². The third-order valence-electron chi connectivity index (χ3n) is 6.86. The molecular formula is C34H36ClN3O5S. The summed E-state index contributed by atoms with van der Waals surface area (Å²) in [6.45, 7) is 6.68. The molecule has 4 rings (SSSR count). The number of carbonyl (C=O) groups is 2. The van der Waals surface area contributed by atoms with Crippen LogP contribution in [0.4, 0.5) is 5.69 Å². The van der Waals surface area contributed by atoms with Gasteiger partial charge in [0.15, 0.2) is 0 Å². The number of para-hydroxylation sites is 1. The normalized spacial score (nSPS) is 12.0. The summed E-state index contributed by atoms with van der Waals surface area (Å²) >= 11 is 6.07. The fourth-order valence-corrected chi connectivity index (χ4v) is 5.99. The third kappa shape index (κ3) is 8.39. The topological polar surface area (TPSA) is 96.0 Å². The van der Waals surface area contributed by atoms with Crippen LogP contribution in [-0.2, 0) is 26.2 Å². The van der Waals surface area contributed by atoms with E-state index in [1.54, 1.807) is 67.6 Å². The summed E-state index contributed by atoms with van der Waals surface area (Å²) in [6, 6.07) is 28.0. The van der Waals surface area contributed by atoms with Crippen molar-refractivity contribution in [2.75, 3.05) is 10.8 Å². The quantitative estimate of drug-likeness (QED) is 0.190. The Hall–Kier alpha value is -4.34. The van der Waals surface area contributed by atoms with E-state index in [1.165, 1.54) is 17.0 Å². The van der Waals surface area contributed by atoms with Gasteiger partial charge in [0.1, 0.15) is 24.1 Å². The second kappa shape index (κ2) is 14.4. The van der Waals surface area contributed by atoms with Crippen molar-refractivity contribution in [2.45, 2.75) is 51.2 Å². The van der Waals surface area contributed by atoms with E-state index in [0.29, 0.717) is 16.5 Å². The van der Waals surface area contributed by atoms with Crippen LogP contribution in [0.15, 0.2) is 108 Å². The van der Waals surface area contributed by atoms with E-state index < -0.39 is 28.5 Å². The Bertz CT molecular complexity index is 1660. The molecular weight excluding hydrogens is 598 g/mol. The summed E-state index contributed by atoms with van der Waals surface area (Å²) in [5, 5.41) is 3.38. The summed E-state index contributed by atoms with van der Waals surface area (Å²) in [7, 11) is -4.19. The highest BCUT2D eigenvalue weighted by Gasteiger charge is 2.32. The van der Waals surface area contributed by atoms with Crippen LogP contribution in [0.3, 0.4) is 0 Å². The zero-order chi connectivity index (χ0) is 31.9. The molecule has 44 heavy (non-hydrogen) atoms. The number of sulfonamides is 1. The zero-order valence-electron chi connectivity index (χ0n) is 25.1. The van der Waals surface area contributed by atoms with Gasteiger partial charge in [-0.2, -0.15) is 0 Å². The van der Waals surface area contributed by atoms with Crippen LogP contribution in [0, 0.1) is 6.92 Å². The van der Waals surface area contributed by atoms with Crippen LogP contribution in [0.1, 0.15) is 31.9 Å². The van der Waals surface area contributed by atoms with Crippen molar-refractivity contribution >= 4 is 39.1 Å². The van der Waals surface area contributed by atoms with Crippen molar-refractivity contribution in [3.05, 3.63) is 119 Å². The lowest BCUT2D eigenvalue weighted by Crippen LogP contribution is -2.52. The Kier molecular flexibility index (Phi) is 10.7. The molecule has 1 atom stereocenters. The smallest absolute Gasteiger partial charge is 0.264 e. The van der Waals surface area contributed by atoms with Gasteiger partial charge in [0.25, 0.3) is 10.0 Å². The Morgan fingerprint density at radius 3 is 2.00 bits per heavy atom. The maximum Gasteiger partial charge on any atom is 0.264 e. The van der Waals surface area contributed by atoms with Gasteiger partial charge < -0.3 is 15.0 Å². The van der Waals surface area contributed by atoms with Gasteiger partial charge in [0.05, 0.1) is 10.6 Å². The lowest BCUT2D eigenvalue weighted by molar-refractivity contribution is -0.139. The Morgan fingerprint density at radius 1 is 0.818 bits per heavy atom. The number of nitrogens with one attached hydrogen (secondary N) is 1. The van der Waals surface area contributed by atoms with E-state index in [-0.39, 0.29) is 29.1 Å². The predicted octanol–water partition coefficient (Wildman–Crippen LogP) is 6.58. The van der Waals surface area contributed by atoms with Crippen LogP contribution in [0.25, 0.3) is 0 Å². The third-order valence-corrected chi connectivity index (χ3v) is 8.90. The molecule has 0 fully saturated rings. The molecule has 1 unspecified atom stereocenters. The molecule has 8 nitrogen and oxygen atoms in total. The number of nitrogens with zero attached hydrogens (tertiary/aromatic N) is 2. The van der Waals surface area contributed by atoms with Gasteiger partial charge in [-0.15, -0.1) is 0 Å². The van der Waals surface area contributed by atoms with Crippen molar-refractivity contribution < 1.29 is 22.7 Å². The molecule has 1 N–H and O–H groups in total. The number of hydrogen-bond donors (Lipinski definition) is 1. The van der Waals surface area contributed by atoms with Gasteiger partial charge in [-0.3, -0.25) is 13.9 Å². The van der Waals surface area contributed by atoms with Crippen LogP contribution < -0.4 is 14.4 Å². The molecule has 0 saturated carbocycles. The first-order chi connectivity index (χ1) is 20.9. The SMILES string of the molecule is Cc1ccc(S(=O)(=O)N(CC(=O)N(Cc2ccc(Cl)cc2)C(C)C(=O)NC(C)C)c2ccc(Oc3ccccc3)cc2)cc1. The highest BCUT2D eigenvalue weighted by Crippen LogP contribution is 2.29. The second-order valence-corrected chi connectivity index (χ2v) is 13.0. The highest BCUT2D eigenvalue weighted by molar-refractivity contribution is 7.92. The number of carbonyl (C=O) groups excluding carboxylic acids is 2. The number of ether oxygens (including phenoxy) is 1. The average Bonchev–Trinajstić information content (AvgIpc) is 3.00. The Morgan fingerprint density at radius 2 is 1.41 bits per heavy atom. The molecule has 0 radical (unpaired) electrons. The molecule has 4 aromatic carbocycles. The molecule has 0 aliphatic carbocycles. The maximum atomic E-state index is 14.1. The fraction of sp³-hybridized carbons (Fsp3) is 0.235. The molecule has 0 aromatic heterocycles. The number of halogens is 1. The molecule has 0 aliphatic heterocycles. The molecule has 4 aromatic rings. The van der Waals surface area contributed by atoms with E-state index >= 15 is 0 Å². The Balaban J connectivity index is 1.70. The van der Waals surface area contributed by atoms with Gasteiger partial charge in [0.2, 0.25) is 11.8 Å². The summed E-state index contributed by atoms with van der Waals surface area (Å²) < 4.78 is 35.1. The predicted molar refractivity (Wildman–Crippen MR) is 173 cm³/mol. The first-order valence-electron chi connectivity index (χ1n) is 14.2. The van der Waals surface area contributed by atoms with Gasteiger partial charge >= 0.3 is 0 Å². The van der Waals surface area contributed by atoms with Crippen LogP contribution in [0.5, 0.6) is 11.5 Å². The lowest BCUT2D eigenvalue weighted by atomic mass is 10.1. The number of anilines is 1. The average molecular weight is 634 g/mol. The standard InChI is InChI=1S/C34H36ClN3O5S/c1-24(2)36-34(40)26(4)37(22-27-12-14-28(35)15-13-27)33(39)23-38(44(41,42)32-20-10-25(3)11-21-32)29-16-18-31(19-17-29)43-30-8-6-5-7-9-30/h5-21,24,26H,22-23H2,1-4H3,(H,36,40). The monoisotopic (exact) mass is 633 g/mol. The minimum atomic E-state index is -4.19. The first kappa shape index (κ1) is 32.6. The van der Waals surface area contributed by atoms with Gasteiger partial charge in [-0.25, -0.2) is 8.42 Å². The van der Waals surface area contributed by atoms with E-state index in [1.807, 2.05) is 51.1 Å². The number of aryl methyl sites for hydroxylation is 1. The highest BCUT2D eigenvalue weighted by atomic mass is 35.5. The van der Waals surface area contributed by atoms with Crippen molar-refractivity contribution in [1.29, 1.82) is 0 Å². The Labute approximate surface area is 264 Å². The number of amides is 2. The fourth-order valence-electron chi connectivity index (χ4n) is 4.45. The minimum Gasteiger partial charge on any atom is -0.457 e. The largest absolute Gasteiger partial charge is 0.457 e. The van der Waals surface area contributed by atoms with E-state index in [0.717, 1.165) is 15.4 Å². The second-order valence-electron chi connectivity index (χ2n) is 10.7. The van der Waals surface area contributed by atoms with Gasteiger partial charge in [-0.1, -0.05) is 59.6 Å². The van der Waals surface area contributed by atoms with Gasteiger partial charge in [-0.05, 0) is 93.9 Å². The van der Waals surface area contributed by atoms with Gasteiger partial charge in [0, 0.05) is 17.6 Å². The van der Waals surface area contributed by atoms with Crippen LogP contribution >= 0.6 is 11.6 Å². The van der Waals surface area contributed by atoms with Crippen molar-refractivity contribution in [3.63, 3.8) is 0 Å². The molecule has 0 spiro atoms. The number of hydrogen-bond acceptors (Lipinski definition) is 5. The van der Waals surface area contributed by atoms with Crippen LogP contribution in [0.2, 0.25) is 5.02 Å².